The minimum absolute atomic E-state index is 0.0837. The van der Waals surface area contributed by atoms with E-state index in [-0.39, 0.29) is 11.6 Å². The summed E-state index contributed by atoms with van der Waals surface area (Å²) in [5.74, 6) is 0.433. The average molecular weight is 349 g/mol. The molecule has 5 nitrogen and oxygen atoms in total. The minimum Gasteiger partial charge on any atom is -0.369 e. The quantitative estimate of drug-likeness (QED) is 0.923. The first-order chi connectivity index (χ1) is 10.1. The zero-order valence-electron chi connectivity index (χ0n) is 11.8. The van der Waals surface area contributed by atoms with E-state index in [2.05, 4.69) is 43.3 Å². The van der Waals surface area contributed by atoms with Crippen LogP contribution < -0.4 is 15.8 Å². The number of hydrogen-bond donors (Lipinski definition) is 1. The van der Waals surface area contributed by atoms with Crippen molar-refractivity contribution in [1.29, 1.82) is 0 Å². The van der Waals surface area contributed by atoms with Crippen molar-refractivity contribution < 1.29 is 0 Å². The molecule has 0 aliphatic carbocycles. The molecule has 110 valence electrons. The van der Waals surface area contributed by atoms with E-state index in [4.69, 9.17) is 0 Å². The molecule has 0 spiro atoms. The van der Waals surface area contributed by atoms with Crippen LogP contribution >= 0.6 is 15.9 Å². The van der Waals surface area contributed by atoms with Gasteiger partial charge in [0.2, 0.25) is 0 Å². The summed E-state index contributed by atoms with van der Waals surface area (Å²) in [6.07, 6.45) is 4.30. The minimum atomic E-state index is -0.0837. The van der Waals surface area contributed by atoms with E-state index in [1.165, 1.54) is 10.3 Å². The smallest absolute Gasteiger partial charge is 0.293 e. The van der Waals surface area contributed by atoms with Crippen molar-refractivity contribution in [2.24, 2.45) is 7.05 Å². The Bertz CT molecular complexity index is 683. The lowest BCUT2D eigenvalue weighted by Crippen LogP contribution is -2.30. The second kappa shape index (κ2) is 5.89. The Morgan fingerprint density at radius 3 is 2.86 bits per heavy atom. The third kappa shape index (κ3) is 3.10. The fourth-order valence-corrected chi connectivity index (χ4v) is 2.82. The highest BCUT2D eigenvalue weighted by molar-refractivity contribution is 9.10. The monoisotopic (exact) mass is 348 g/mol. The average Bonchev–Trinajstić information content (AvgIpc) is 2.93. The van der Waals surface area contributed by atoms with Gasteiger partial charge in [0.1, 0.15) is 0 Å². The van der Waals surface area contributed by atoms with Gasteiger partial charge in [-0.25, -0.2) is 4.98 Å². The van der Waals surface area contributed by atoms with E-state index in [0.29, 0.717) is 5.82 Å². The molecule has 21 heavy (non-hydrogen) atoms. The maximum absolute atomic E-state index is 12.0. The molecule has 1 aliphatic heterocycles. The second-order valence-electron chi connectivity index (χ2n) is 5.24. The molecule has 1 fully saturated rings. The number of rotatable bonds is 3. The first kappa shape index (κ1) is 14.1. The fraction of sp³-hybridized carbons (Fsp3) is 0.333. The molecule has 1 aromatic carbocycles. The standard InChI is InChI=1S/C15H17BrN4O/c1-19-9-7-17-14(15(19)21)18-12-6-8-20(10-12)13-4-2-11(16)3-5-13/h2-5,7,9,12H,6,8,10H2,1H3,(H,17,18)/t12-/m1/s1. The Balaban J connectivity index is 1.68. The van der Waals surface area contributed by atoms with Gasteiger partial charge in [-0.2, -0.15) is 0 Å². The Labute approximate surface area is 131 Å². The molecule has 1 aromatic heterocycles. The molecule has 0 radical (unpaired) electrons. The molecule has 0 unspecified atom stereocenters. The van der Waals surface area contributed by atoms with E-state index in [1.54, 1.807) is 19.4 Å². The normalized spacial score (nSPS) is 18.0. The third-order valence-electron chi connectivity index (χ3n) is 3.74. The molecule has 1 N–H and O–H groups in total. The highest BCUT2D eigenvalue weighted by Gasteiger charge is 2.23. The van der Waals surface area contributed by atoms with Crippen molar-refractivity contribution in [3.05, 3.63) is 51.5 Å². The number of hydrogen-bond acceptors (Lipinski definition) is 4. The molecule has 1 saturated heterocycles. The van der Waals surface area contributed by atoms with Gasteiger partial charge in [-0.1, -0.05) is 15.9 Å². The summed E-state index contributed by atoms with van der Waals surface area (Å²) < 4.78 is 2.62. The predicted octanol–water partition coefficient (Wildman–Crippen LogP) is 2.23. The highest BCUT2D eigenvalue weighted by Crippen LogP contribution is 2.23. The predicted molar refractivity (Wildman–Crippen MR) is 87.9 cm³/mol. The fourth-order valence-electron chi connectivity index (χ4n) is 2.55. The summed E-state index contributed by atoms with van der Waals surface area (Å²) >= 11 is 3.45. The van der Waals surface area contributed by atoms with Gasteiger partial charge in [-0.05, 0) is 30.7 Å². The van der Waals surface area contributed by atoms with Crippen molar-refractivity contribution in [1.82, 2.24) is 9.55 Å². The van der Waals surface area contributed by atoms with Crippen LogP contribution in [0.2, 0.25) is 0 Å². The summed E-state index contributed by atoms with van der Waals surface area (Å²) in [6.45, 7) is 1.85. The van der Waals surface area contributed by atoms with E-state index >= 15 is 0 Å². The molecular weight excluding hydrogens is 332 g/mol. The number of nitrogens with one attached hydrogen (secondary N) is 1. The molecule has 2 aromatic rings. The van der Waals surface area contributed by atoms with Gasteiger partial charge in [0.25, 0.3) is 5.56 Å². The Kier molecular flexibility index (Phi) is 3.96. The molecule has 0 amide bonds. The van der Waals surface area contributed by atoms with Gasteiger partial charge in [-0.15, -0.1) is 0 Å². The van der Waals surface area contributed by atoms with Crippen LogP contribution in [0.25, 0.3) is 0 Å². The number of nitrogens with zero attached hydrogens (tertiary/aromatic N) is 3. The first-order valence-electron chi connectivity index (χ1n) is 6.92. The number of anilines is 2. The number of aryl methyl sites for hydroxylation is 1. The van der Waals surface area contributed by atoms with Crippen LogP contribution in [0, 0.1) is 0 Å². The molecule has 6 heteroatoms. The summed E-state index contributed by atoms with van der Waals surface area (Å²) in [6, 6.07) is 8.55. The topological polar surface area (TPSA) is 50.2 Å². The Morgan fingerprint density at radius 1 is 1.33 bits per heavy atom. The highest BCUT2D eigenvalue weighted by atomic mass is 79.9. The van der Waals surface area contributed by atoms with Crippen LogP contribution in [0.3, 0.4) is 0 Å². The number of aromatic nitrogens is 2. The first-order valence-corrected chi connectivity index (χ1v) is 7.71. The molecule has 1 atom stereocenters. The lowest BCUT2D eigenvalue weighted by atomic mass is 10.2. The van der Waals surface area contributed by atoms with Crippen LogP contribution in [-0.4, -0.2) is 28.7 Å². The van der Waals surface area contributed by atoms with Crippen LogP contribution in [0.4, 0.5) is 11.5 Å². The molecular formula is C15H17BrN4O. The summed E-state index contributed by atoms with van der Waals surface area (Å²) in [5, 5.41) is 3.27. The van der Waals surface area contributed by atoms with Crippen LogP contribution in [-0.2, 0) is 7.05 Å². The van der Waals surface area contributed by atoms with Gasteiger partial charge in [0.15, 0.2) is 5.82 Å². The SMILES string of the molecule is Cn1ccnc(N[C@@H]2CCN(c3ccc(Br)cc3)C2)c1=O. The van der Waals surface area contributed by atoms with Crippen LogP contribution in [0.5, 0.6) is 0 Å². The van der Waals surface area contributed by atoms with Crippen molar-refractivity contribution >= 4 is 27.4 Å². The van der Waals surface area contributed by atoms with Gasteiger partial charge in [0.05, 0.1) is 0 Å². The zero-order valence-corrected chi connectivity index (χ0v) is 13.4. The zero-order chi connectivity index (χ0) is 14.8. The molecule has 0 bridgehead atoms. The summed E-state index contributed by atoms with van der Waals surface area (Å²) in [4.78, 5) is 18.4. The Hall–Kier alpha value is -1.82. The van der Waals surface area contributed by atoms with Crippen molar-refractivity contribution in [2.75, 3.05) is 23.3 Å². The molecule has 1 aliphatic rings. The van der Waals surface area contributed by atoms with Crippen LogP contribution in [0.1, 0.15) is 6.42 Å². The third-order valence-corrected chi connectivity index (χ3v) is 4.27. The van der Waals surface area contributed by atoms with Gasteiger partial charge < -0.3 is 14.8 Å². The van der Waals surface area contributed by atoms with Gasteiger partial charge in [0, 0.05) is 48.7 Å². The van der Waals surface area contributed by atoms with E-state index in [9.17, 15) is 4.79 Å². The second-order valence-corrected chi connectivity index (χ2v) is 6.16. The van der Waals surface area contributed by atoms with E-state index in [1.807, 2.05) is 12.1 Å². The number of halogens is 1. The summed E-state index contributed by atoms with van der Waals surface area (Å²) in [7, 11) is 1.73. The number of benzene rings is 1. The Morgan fingerprint density at radius 2 is 2.10 bits per heavy atom. The van der Waals surface area contributed by atoms with E-state index in [0.717, 1.165) is 24.0 Å². The van der Waals surface area contributed by atoms with Crippen molar-refractivity contribution in [3.8, 4) is 0 Å². The van der Waals surface area contributed by atoms with Crippen LogP contribution in [0.15, 0.2) is 45.9 Å². The molecule has 0 saturated carbocycles. The summed E-state index contributed by atoms with van der Waals surface area (Å²) in [5.41, 5.74) is 1.12. The largest absolute Gasteiger partial charge is 0.369 e. The van der Waals surface area contributed by atoms with E-state index < -0.39 is 0 Å². The van der Waals surface area contributed by atoms with Gasteiger partial charge in [-0.3, -0.25) is 4.79 Å². The lowest BCUT2D eigenvalue weighted by molar-refractivity contribution is 0.778. The van der Waals surface area contributed by atoms with Crippen molar-refractivity contribution in [3.63, 3.8) is 0 Å². The lowest BCUT2D eigenvalue weighted by Gasteiger charge is -2.19. The maximum Gasteiger partial charge on any atom is 0.293 e. The van der Waals surface area contributed by atoms with Crippen molar-refractivity contribution in [2.45, 2.75) is 12.5 Å². The van der Waals surface area contributed by atoms with Gasteiger partial charge >= 0.3 is 0 Å². The maximum atomic E-state index is 12.0. The molecule has 3 rings (SSSR count). The molecule has 2 heterocycles.